The van der Waals surface area contributed by atoms with Gasteiger partial charge in [0.05, 0.1) is 0 Å². The minimum atomic E-state index is -0.189. The van der Waals surface area contributed by atoms with E-state index in [4.69, 9.17) is 5.73 Å². The fourth-order valence-electron chi connectivity index (χ4n) is 2.13. The minimum Gasteiger partial charge on any atom is -0.355 e. The van der Waals surface area contributed by atoms with Crippen LogP contribution in [0.1, 0.15) is 45.4 Å². The number of rotatable bonds is 6. The maximum absolute atomic E-state index is 11.6. The Hall–Kier alpha value is -1.10. The Morgan fingerprint density at radius 2 is 1.94 bits per heavy atom. The van der Waals surface area contributed by atoms with Gasteiger partial charge in [0.2, 0.25) is 11.8 Å². The molecule has 0 aromatic heterocycles. The molecule has 2 amide bonds. The predicted octanol–water partition coefficient (Wildman–Crippen LogP) is 0.536. The molecule has 1 aliphatic carbocycles. The largest absolute Gasteiger partial charge is 0.355 e. The molecule has 4 N–H and O–H groups in total. The summed E-state index contributed by atoms with van der Waals surface area (Å²) in [6.07, 6.45) is 6.20. The molecule has 18 heavy (non-hydrogen) atoms. The first-order valence-electron chi connectivity index (χ1n) is 6.90. The second-order valence-corrected chi connectivity index (χ2v) is 5.08. The van der Waals surface area contributed by atoms with Crippen molar-refractivity contribution in [1.82, 2.24) is 10.6 Å². The van der Waals surface area contributed by atoms with E-state index in [0.717, 1.165) is 12.8 Å². The van der Waals surface area contributed by atoms with Crippen LogP contribution in [-0.4, -0.2) is 30.9 Å². The van der Waals surface area contributed by atoms with Crippen molar-refractivity contribution >= 4 is 11.8 Å². The molecule has 0 aromatic rings. The molecule has 5 nitrogen and oxygen atoms in total. The highest BCUT2D eigenvalue weighted by Gasteiger charge is 2.16. The first-order chi connectivity index (χ1) is 8.63. The Kier molecular flexibility index (Phi) is 6.72. The average Bonchev–Trinajstić information content (AvgIpc) is 2.38. The summed E-state index contributed by atoms with van der Waals surface area (Å²) in [7, 11) is 0. The predicted molar refractivity (Wildman–Crippen MR) is 70.9 cm³/mol. The van der Waals surface area contributed by atoms with Gasteiger partial charge in [0.15, 0.2) is 0 Å². The van der Waals surface area contributed by atoms with Crippen molar-refractivity contribution < 1.29 is 9.59 Å². The molecule has 1 fully saturated rings. The van der Waals surface area contributed by atoms with Crippen LogP contribution in [0.25, 0.3) is 0 Å². The van der Waals surface area contributed by atoms with Gasteiger partial charge in [-0.2, -0.15) is 0 Å². The van der Waals surface area contributed by atoms with Crippen molar-refractivity contribution in [3.8, 4) is 0 Å². The molecule has 0 bridgehead atoms. The average molecular weight is 255 g/mol. The third-order valence-electron chi connectivity index (χ3n) is 3.42. The van der Waals surface area contributed by atoms with Gasteiger partial charge in [-0.25, -0.2) is 0 Å². The van der Waals surface area contributed by atoms with Crippen molar-refractivity contribution in [2.75, 3.05) is 13.1 Å². The lowest BCUT2D eigenvalue weighted by molar-refractivity contribution is -0.124. The molecule has 0 aromatic carbocycles. The van der Waals surface area contributed by atoms with E-state index in [1.165, 1.54) is 19.3 Å². The summed E-state index contributed by atoms with van der Waals surface area (Å²) in [6, 6.07) is 0.338. The van der Waals surface area contributed by atoms with Crippen LogP contribution in [0.3, 0.4) is 0 Å². The highest BCUT2D eigenvalue weighted by molar-refractivity contribution is 5.80. The summed E-state index contributed by atoms with van der Waals surface area (Å²) >= 11 is 0. The zero-order chi connectivity index (χ0) is 13.4. The number of hydrogen-bond donors (Lipinski definition) is 3. The Morgan fingerprint density at radius 1 is 1.28 bits per heavy atom. The molecule has 0 aliphatic heterocycles. The van der Waals surface area contributed by atoms with Gasteiger partial charge in [-0.15, -0.1) is 0 Å². The molecule has 1 aliphatic rings. The molecule has 1 atom stereocenters. The van der Waals surface area contributed by atoms with Gasteiger partial charge in [0.25, 0.3) is 0 Å². The molecule has 5 heteroatoms. The van der Waals surface area contributed by atoms with E-state index in [-0.39, 0.29) is 17.7 Å². The summed E-state index contributed by atoms with van der Waals surface area (Å²) in [4.78, 5) is 23.1. The minimum absolute atomic E-state index is 0.0302. The monoisotopic (exact) mass is 255 g/mol. The van der Waals surface area contributed by atoms with E-state index >= 15 is 0 Å². The first-order valence-corrected chi connectivity index (χ1v) is 6.90. The van der Waals surface area contributed by atoms with Crippen LogP contribution in [-0.2, 0) is 9.59 Å². The van der Waals surface area contributed by atoms with Crippen molar-refractivity contribution in [3.05, 3.63) is 0 Å². The summed E-state index contributed by atoms with van der Waals surface area (Å²) in [5.41, 5.74) is 5.39. The third kappa shape index (κ3) is 5.49. The van der Waals surface area contributed by atoms with E-state index in [1.807, 2.05) is 0 Å². The Balaban J connectivity index is 2.11. The fourth-order valence-corrected chi connectivity index (χ4v) is 2.13. The highest BCUT2D eigenvalue weighted by Crippen LogP contribution is 2.17. The Morgan fingerprint density at radius 3 is 2.56 bits per heavy atom. The summed E-state index contributed by atoms with van der Waals surface area (Å²) in [6.45, 7) is 2.50. The second-order valence-electron chi connectivity index (χ2n) is 5.08. The third-order valence-corrected chi connectivity index (χ3v) is 3.42. The van der Waals surface area contributed by atoms with E-state index in [9.17, 15) is 9.59 Å². The number of nitrogens with two attached hydrogens (primary N) is 1. The first kappa shape index (κ1) is 15.0. The molecular weight excluding hydrogens is 230 g/mol. The number of nitrogens with one attached hydrogen (secondary N) is 2. The van der Waals surface area contributed by atoms with Crippen molar-refractivity contribution in [3.63, 3.8) is 0 Å². The van der Waals surface area contributed by atoms with Crippen molar-refractivity contribution in [2.45, 2.75) is 51.5 Å². The molecular formula is C13H25N3O2. The van der Waals surface area contributed by atoms with Gasteiger partial charge in [0, 0.05) is 31.5 Å². The van der Waals surface area contributed by atoms with E-state index < -0.39 is 0 Å². The molecule has 104 valence electrons. The summed E-state index contributed by atoms with van der Waals surface area (Å²) < 4.78 is 0. The Labute approximate surface area is 109 Å². The van der Waals surface area contributed by atoms with Crippen LogP contribution >= 0.6 is 0 Å². The van der Waals surface area contributed by atoms with Gasteiger partial charge in [-0.3, -0.25) is 9.59 Å². The van der Waals surface area contributed by atoms with Crippen LogP contribution in [0.4, 0.5) is 0 Å². The van der Waals surface area contributed by atoms with Gasteiger partial charge < -0.3 is 16.4 Å². The van der Waals surface area contributed by atoms with Crippen LogP contribution in [0.15, 0.2) is 0 Å². The molecule has 0 saturated heterocycles. The smallest absolute Gasteiger partial charge is 0.224 e. The van der Waals surface area contributed by atoms with Crippen LogP contribution in [0.2, 0.25) is 0 Å². The van der Waals surface area contributed by atoms with Gasteiger partial charge in [0.1, 0.15) is 0 Å². The lowest BCUT2D eigenvalue weighted by Gasteiger charge is -2.22. The quantitative estimate of drug-likeness (QED) is 0.647. The van der Waals surface area contributed by atoms with Crippen LogP contribution in [0, 0.1) is 5.92 Å². The molecule has 0 heterocycles. The van der Waals surface area contributed by atoms with Crippen molar-refractivity contribution in [2.24, 2.45) is 11.7 Å². The number of carbonyl (C=O) groups is 2. The normalized spacial score (nSPS) is 18.1. The summed E-state index contributed by atoms with van der Waals surface area (Å²) in [5, 5.41) is 5.74. The standard InChI is InChI=1S/C13H25N3O2/c1-10(9-14)13(18)15-8-7-12(17)16-11-5-3-2-4-6-11/h10-11H,2-9,14H2,1H3,(H,15,18)(H,16,17). The van der Waals surface area contributed by atoms with Crippen LogP contribution < -0.4 is 16.4 Å². The number of amides is 2. The molecule has 1 rings (SSSR count). The van der Waals surface area contributed by atoms with E-state index in [2.05, 4.69) is 10.6 Å². The van der Waals surface area contributed by atoms with Gasteiger partial charge >= 0.3 is 0 Å². The molecule has 1 unspecified atom stereocenters. The summed E-state index contributed by atoms with van der Waals surface area (Å²) in [5.74, 6) is -0.239. The lowest BCUT2D eigenvalue weighted by atomic mass is 9.95. The fraction of sp³-hybridized carbons (Fsp3) is 0.846. The lowest BCUT2D eigenvalue weighted by Crippen LogP contribution is -2.39. The Bertz CT molecular complexity index is 275. The molecule has 1 saturated carbocycles. The maximum atomic E-state index is 11.6. The molecule has 0 spiro atoms. The number of hydrogen-bond acceptors (Lipinski definition) is 3. The highest BCUT2D eigenvalue weighted by atomic mass is 16.2. The van der Waals surface area contributed by atoms with E-state index in [1.54, 1.807) is 6.92 Å². The zero-order valence-corrected chi connectivity index (χ0v) is 11.2. The van der Waals surface area contributed by atoms with Gasteiger partial charge in [-0.05, 0) is 12.8 Å². The maximum Gasteiger partial charge on any atom is 0.224 e. The van der Waals surface area contributed by atoms with Crippen LogP contribution in [0.5, 0.6) is 0 Å². The van der Waals surface area contributed by atoms with Gasteiger partial charge in [-0.1, -0.05) is 26.2 Å². The van der Waals surface area contributed by atoms with E-state index in [0.29, 0.717) is 25.6 Å². The topological polar surface area (TPSA) is 84.2 Å². The zero-order valence-electron chi connectivity index (χ0n) is 11.2. The second kappa shape index (κ2) is 8.08. The molecule has 0 radical (unpaired) electrons. The SMILES string of the molecule is CC(CN)C(=O)NCCC(=O)NC1CCCCC1. The van der Waals surface area contributed by atoms with Crippen molar-refractivity contribution in [1.29, 1.82) is 0 Å². The number of carbonyl (C=O) groups excluding carboxylic acids is 2.